The first-order chi connectivity index (χ1) is 11.0. The molecule has 2 aromatic heterocycles. The van der Waals surface area contributed by atoms with Crippen LogP contribution in [0.3, 0.4) is 0 Å². The van der Waals surface area contributed by atoms with Gasteiger partial charge >= 0.3 is 5.69 Å². The second kappa shape index (κ2) is 6.98. The van der Waals surface area contributed by atoms with Crippen molar-refractivity contribution in [3.05, 3.63) is 34.1 Å². The topological polar surface area (TPSA) is 59.6 Å². The van der Waals surface area contributed by atoms with Crippen molar-refractivity contribution in [1.82, 2.24) is 18.9 Å². The molecule has 3 rings (SSSR count). The lowest BCUT2D eigenvalue weighted by Gasteiger charge is -2.17. The SMILES string of the molecule is CC.Cc1cn(CC(=O)N2CCC(C)C2)c(=O)n2c(C)cnc12. The first-order valence-corrected chi connectivity index (χ1v) is 8.29. The Balaban J connectivity index is 0.000000924. The molecule has 23 heavy (non-hydrogen) atoms. The Kier molecular flexibility index (Phi) is 5.23. The van der Waals surface area contributed by atoms with E-state index in [1.807, 2.05) is 32.6 Å². The van der Waals surface area contributed by atoms with Gasteiger partial charge in [-0.25, -0.2) is 14.2 Å². The van der Waals surface area contributed by atoms with Gasteiger partial charge < -0.3 is 4.90 Å². The Morgan fingerprint density at radius 3 is 2.65 bits per heavy atom. The molecule has 0 N–H and O–H groups in total. The zero-order chi connectivity index (χ0) is 17.1. The highest BCUT2D eigenvalue weighted by atomic mass is 16.2. The van der Waals surface area contributed by atoms with Gasteiger partial charge in [-0.2, -0.15) is 0 Å². The van der Waals surface area contributed by atoms with E-state index >= 15 is 0 Å². The highest BCUT2D eigenvalue weighted by molar-refractivity contribution is 5.76. The predicted molar refractivity (Wildman–Crippen MR) is 90.6 cm³/mol. The molecular formula is C17H26N4O2. The number of fused-ring (bicyclic) bond motifs is 1. The summed E-state index contributed by atoms with van der Waals surface area (Å²) in [5.74, 6) is 0.559. The van der Waals surface area contributed by atoms with E-state index in [-0.39, 0.29) is 18.1 Å². The molecule has 3 heterocycles. The first kappa shape index (κ1) is 17.2. The molecule has 1 amide bonds. The van der Waals surface area contributed by atoms with Crippen molar-refractivity contribution in [2.75, 3.05) is 13.1 Å². The molecule has 1 aliphatic rings. The van der Waals surface area contributed by atoms with Gasteiger partial charge in [-0.1, -0.05) is 20.8 Å². The maximum absolute atomic E-state index is 12.5. The van der Waals surface area contributed by atoms with Crippen molar-refractivity contribution < 1.29 is 4.79 Å². The molecule has 2 aromatic rings. The maximum Gasteiger partial charge on any atom is 0.334 e. The summed E-state index contributed by atoms with van der Waals surface area (Å²) in [5.41, 5.74) is 2.14. The molecule has 6 nitrogen and oxygen atoms in total. The van der Waals surface area contributed by atoms with Crippen LogP contribution in [0.2, 0.25) is 0 Å². The molecule has 0 bridgehead atoms. The van der Waals surface area contributed by atoms with Crippen LogP contribution >= 0.6 is 0 Å². The van der Waals surface area contributed by atoms with Crippen LogP contribution in [0.25, 0.3) is 5.65 Å². The minimum Gasteiger partial charge on any atom is -0.341 e. The number of carbonyl (C=O) groups is 1. The smallest absolute Gasteiger partial charge is 0.334 e. The number of aryl methyl sites for hydroxylation is 2. The summed E-state index contributed by atoms with van der Waals surface area (Å²) in [6.07, 6.45) is 4.44. The van der Waals surface area contributed by atoms with E-state index in [0.717, 1.165) is 30.8 Å². The number of carbonyl (C=O) groups excluding carboxylic acids is 1. The maximum atomic E-state index is 12.5. The third kappa shape index (κ3) is 3.30. The van der Waals surface area contributed by atoms with Crippen LogP contribution in [-0.4, -0.2) is 37.8 Å². The Bertz CT molecular complexity index is 760. The molecule has 1 atom stereocenters. The van der Waals surface area contributed by atoms with Gasteiger partial charge in [0.05, 0.1) is 0 Å². The molecule has 1 saturated heterocycles. The minimum absolute atomic E-state index is 0.0120. The molecule has 126 valence electrons. The van der Waals surface area contributed by atoms with E-state index in [1.54, 1.807) is 16.8 Å². The summed E-state index contributed by atoms with van der Waals surface area (Å²) in [6, 6.07) is 0. The quantitative estimate of drug-likeness (QED) is 0.851. The highest BCUT2D eigenvalue weighted by Gasteiger charge is 2.23. The van der Waals surface area contributed by atoms with Gasteiger partial charge in [0.15, 0.2) is 0 Å². The number of nitrogens with zero attached hydrogens (tertiary/aromatic N) is 4. The Labute approximate surface area is 136 Å². The first-order valence-electron chi connectivity index (χ1n) is 8.29. The van der Waals surface area contributed by atoms with Crippen LogP contribution in [0.15, 0.2) is 17.2 Å². The molecule has 1 unspecified atom stereocenters. The van der Waals surface area contributed by atoms with Crippen LogP contribution in [0.5, 0.6) is 0 Å². The normalized spacial score (nSPS) is 17.3. The van der Waals surface area contributed by atoms with Crippen LogP contribution in [-0.2, 0) is 11.3 Å². The van der Waals surface area contributed by atoms with Gasteiger partial charge in [0.1, 0.15) is 12.2 Å². The van der Waals surface area contributed by atoms with Crippen molar-refractivity contribution in [2.45, 2.75) is 47.6 Å². The number of hydrogen-bond acceptors (Lipinski definition) is 3. The zero-order valence-corrected chi connectivity index (χ0v) is 14.7. The average Bonchev–Trinajstić information content (AvgIpc) is 3.13. The third-order valence-corrected chi connectivity index (χ3v) is 4.16. The fourth-order valence-electron chi connectivity index (χ4n) is 2.95. The third-order valence-electron chi connectivity index (χ3n) is 4.16. The van der Waals surface area contributed by atoms with Gasteiger partial charge in [-0.05, 0) is 26.2 Å². The Morgan fingerprint density at radius 1 is 1.35 bits per heavy atom. The molecule has 1 fully saturated rings. The lowest BCUT2D eigenvalue weighted by Crippen LogP contribution is -2.37. The summed E-state index contributed by atoms with van der Waals surface area (Å²) < 4.78 is 3.05. The predicted octanol–water partition coefficient (Wildman–Crippen LogP) is 2.01. The van der Waals surface area contributed by atoms with Crippen molar-refractivity contribution in [1.29, 1.82) is 0 Å². The molecule has 6 heteroatoms. The van der Waals surface area contributed by atoms with Crippen LogP contribution in [0, 0.1) is 19.8 Å². The second-order valence-corrected chi connectivity index (χ2v) is 6.01. The van der Waals surface area contributed by atoms with Crippen molar-refractivity contribution >= 4 is 11.6 Å². The van der Waals surface area contributed by atoms with E-state index in [1.165, 1.54) is 4.57 Å². The van der Waals surface area contributed by atoms with Gasteiger partial charge in [0.25, 0.3) is 0 Å². The summed E-state index contributed by atoms with van der Waals surface area (Å²) in [6.45, 7) is 11.6. The highest BCUT2D eigenvalue weighted by Crippen LogP contribution is 2.15. The minimum atomic E-state index is -0.203. The van der Waals surface area contributed by atoms with Crippen LogP contribution in [0.1, 0.15) is 38.4 Å². The number of amides is 1. The van der Waals surface area contributed by atoms with E-state index in [9.17, 15) is 9.59 Å². The molecule has 0 aromatic carbocycles. The second-order valence-electron chi connectivity index (χ2n) is 6.01. The number of imidazole rings is 1. The van der Waals surface area contributed by atoms with E-state index < -0.39 is 0 Å². The molecule has 0 saturated carbocycles. The summed E-state index contributed by atoms with van der Waals surface area (Å²) in [4.78, 5) is 30.9. The van der Waals surface area contributed by atoms with E-state index in [2.05, 4.69) is 11.9 Å². The monoisotopic (exact) mass is 318 g/mol. The van der Waals surface area contributed by atoms with Crippen molar-refractivity contribution in [2.24, 2.45) is 5.92 Å². The summed E-state index contributed by atoms with van der Waals surface area (Å²) >= 11 is 0. The van der Waals surface area contributed by atoms with Crippen molar-refractivity contribution in [3.8, 4) is 0 Å². The number of hydrogen-bond donors (Lipinski definition) is 0. The number of aromatic nitrogens is 3. The van der Waals surface area contributed by atoms with Crippen molar-refractivity contribution in [3.63, 3.8) is 0 Å². The fourth-order valence-corrected chi connectivity index (χ4v) is 2.95. The lowest BCUT2D eigenvalue weighted by atomic mass is 10.2. The fraction of sp³-hybridized carbons (Fsp3) is 0.588. The zero-order valence-electron chi connectivity index (χ0n) is 14.7. The summed E-state index contributed by atoms with van der Waals surface area (Å²) in [5, 5.41) is 0. The molecule has 0 radical (unpaired) electrons. The molecule has 0 aliphatic carbocycles. The van der Waals surface area contributed by atoms with E-state index in [4.69, 9.17) is 0 Å². The molecule has 1 aliphatic heterocycles. The van der Waals surface area contributed by atoms with Crippen LogP contribution in [0.4, 0.5) is 0 Å². The number of likely N-dealkylation sites (tertiary alicyclic amines) is 1. The summed E-state index contributed by atoms with van der Waals surface area (Å²) in [7, 11) is 0. The molecular weight excluding hydrogens is 292 g/mol. The standard InChI is InChI=1S/C15H20N4O2.C2H6/c1-10-4-5-17(7-10)13(20)9-18-8-11(2)14-16-6-12(3)19(14)15(18)21;1-2/h6,8,10H,4-5,7,9H2,1-3H3;1-2H3. The Morgan fingerprint density at radius 2 is 2.04 bits per heavy atom. The van der Waals surface area contributed by atoms with Gasteiger partial charge in [0.2, 0.25) is 5.91 Å². The van der Waals surface area contributed by atoms with E-state index in [0.29, 0.717) is 11.6 Å². The van der Waals surface area contributed by atoms with Gasteiger partial charge in [-0.15, -0.1) is 0 Å². The van der Waals surface area contributed by atoms with Gasteiger partial charge in [-0.3, -0.25) is 9.36 Å². The largest absolute Gasteiger partial charge is 0.341 e. The van der Waals surface area contributed by atoms with Gasteiger partial charge in [0, 0.05) is 36.7 Å². The lowest BCUT2D eigenvalue weighted by molar-refractivity contribution is -0.130. The van der Waals surface area contributed by atoms with Crippen LogP contribution < -0.4 is 5.69 Å². The Hall–Kier alpha value is -2.11. The number of rotatable bonds is 2. The average molecular weight is 318 g/mol. The molecule has 0 spiro atoms.